The summed E-state index contributed by atoms with van der Waals surface area (Å²) in [5.74, 6) is 8.07. The topological polar surface area (TPSA) is 93.2 Å². The first-order valence-electron chi connectivity index (χ1n) is 12.8. The van der Waals surface area contributed by atoms with Crippen molar-refractivity contribution in [2.24, 2.45) is 12.0 Å². The Kier molecular flexibility index (Phi) is 6.81. The molecule has 0 bridgehead atoms. The largest absolute Gasteiger partial charge is 0.340 e. The molecule has 0 unspecified atom stereocenters. The normalized spacial score (nSPS) is 16.6. The quantitative estimate of drug-likeness (QED) is 0.389. The van der Waals surface area contributed by atoms with Crippen molar-refractivity contribution in [3.8, 4) is 16.8 Å². The van der Waals surface area contributed by atoms with E-state index in [0.717, 1.165) is 56.9 Å². The lowest BCUT2D eigenvalue weighted by Crippen LogP contribution is -2.46. The highest BCUT2D eigenvalue weighted by Gasteiger charge is 2.33. The van der Waals surface area contributed by atoms with Crippen LogP contribution in [0.5, 0.6) is 0 Å². The van der Waals surface area contributed by atoms with Crippen LogP contribution in [-0.2, 0) is 11.8 Å². The lowest BCUT2D eigenvalue weighted by atomic mass is 9.99. The van der Waals surface area contributed by atoms with Gasteiger partial charge in [0.1, 0.15) is 22.6 Å². The first kappa shape index (κ1) is 25.5. The summed E-state index contributed by atoms with van der Waals surface area (Å²) in [4.78, 5) is 25.6. The summed E-state index contributed by atoms with van der Waals surface area (Å²) in [7, 11) is 1.92. The third-order valence-corrected chi connectivity index (χ3v) is 8.52. The number of carbonyl (C=O) groups is 1. The SMILES string of the molecule is Cc1c(C#Cc2cncn2C)sc2c1C(c1ccc(Cl)cc1)=N[C@@H](CC(=O)N1CCNCC1)c1nnc(C)n1-2. The highest BCUT2D eigenvalue weighted by molar-refractivity contribution is 7.15. The summed E-state index contributed by atoms with van der Waals surface area (Å²) in [6, 6.07) is 7.18. The molecule has 0 spiro atoms. The van der Waals surface area contributed by atoms with Crippen molar-refractivity contribution in [1.29, 1.82) is 0 Å². The highest BCUT2D eigenvalue weighted by Crippen LogP contribution is 2.40. The Balaban J connectivity index is 1.51. The van der Waals surface area contributed by atoms with Crippen molar-refractivity contribution in [2.75, 3.05) is 26.2 Å². The van der Waals surface area contributed by atoms with Gasteiger partial charge in [0.05, 0.1) is 29.5 Å². The number of aryl methyl sites for hydroxylation is 2. The molecule has 1 fully saturated rings. The molecule has 0 radical (unpaired) electrons. The van der Waals surface area contributed by atoms with Crippen LogP contribution in [0.1, 0.15) is 51.4 Å². The third kappa shape index (κ3) is 4.78. The zero-order valence-electron chi connectivity index (χ0n) is 21.9. The average molecular weight is 559 g/mol. The van der Waals surface area contributed by atoms with Crippen molar-refractivity contribution >= 4 is 34.6 Å². The highest BCUT2D eigenvalue weighted by atomic mass is 35.5. The van der Waals surface area contributed by atoms with Gasteiger partial charge in [0, 0.05) is 49.4 Å². The Labute approximate surface area is 235 Å². The van der Waals surface area contributed by atoms with Gasteiger partial charge in [0.15, 0.2) is 5.82 Å². The molecule has 198 valence electrons. The first-order valence-corrected chi connectivity index (χ1v) is 14.0. The van der Waals surface area contributed by atoms with Crippen LogP contribution in [0.2, 0.25) is 5.02 Å². The molecule has 6 rings (SSSR count). The Morgan fingerprint density at radius 2 is 1.92 bits per heavy atom. The van der Waals surface area contributed by atoms with Gasteiger partial charge in [-0.25, -0.2) is 4.98 Å². The number of aliphatic imine (C=N–C) groups is 1. The van der Waals surface area contributed by atoms with Crippen LogP contribution >= 0.6 is 22.9 Å². The zero-order valence-corrected chi connectivity index (χ0v) is 23.5. The fourth-order valence-corrected chi connectivity index (χ4v) is 6.29. The molecule has 1 atom stereocenters. The fraction of sp³-hybridized carbons (Fsp3) is 0.321. The van der Waals surface area contributed by atoms with Crippen LogP contribution < -0.4 is 5.32 Å². The number of rotatable bonds is 3. The average Bonchev–Trinajstić information content (AvgIpc) is 3.60. The summed E-state index contributed by atoms with van der Waals surface area (Å²) < 4.78 is 3.94. The Bertz CT molecular complexity index is 1650. The Morgan fingerprint density at radius 3 is 2.64 bits per heavy atom. The van der Waals surface area contributed by atoms with E-state index in [2.05, 4.69) is 39.3 Å². The molecule has 1 amide bonds. The molecule has 2 aliphatic heterocycles. The smallest absolute Gasteiger partial charge is 0.225 e. The number of aromatic nitrogens is 5. The minimum Gasteiger partial charge on any atom is -0.340 e. The first-order chi connectivity index (χ1) is 18.9. The number of halogens is 1. The van der Waals surface area contributed by atoms with Gasteiger partial charge in [-0.05, 0) is 43.4 Å². The van der Waals surface area contributed by atoms with Crippen LogP contribution in [0.25, 0.3) is 5.00 Å². The summed E-state index contributed by atoms with van der Waals surface area (Å²) in [6.07, 6.45) is 3.71. The maximum atomic E-state index is 13.4. The Hall–Kier alpha value is -3.78. The van der Waals surface area contributed by atoms with E-state index < -0.39 is 6.04 Å². The number of carbonyl (C=O) groups excluding carboxylic acids is 1. The number of thiophene rings is 1. The summed E-state index contributed by atoms with van der Waals surface area (Å²) in [6.45, 7) is 6.97. The molecule has 4 aromatic rings. The van der Waals surface area contributed by atoms with Crippen LogP contribution in [0, 0.1) is 25.7 Å². The molecule has 1 saturated heterocycles. The number of nitrogens with zero attached hydrogens (tertiary/aromatic N) is 7. The van der Waals surface area contributed by atoms with Gasteiger partial charge < -0.3 is 14.8 Å². The molecule has 1 aromatic carbocycles. The molecule has 1 N–H and O–H groups in total. The van der Waals surface area contributed by atoms with Crippen LogP contribution in [-0.4, -0.2) is 67.0 Å². The summed E-state index contributed by atoms with van der Waals surface area (Å²) >= 11 is 7.82. The molecular weight excluding hydrogens is 532 g/mol. The Morgan fingerprint density at radius 1 is 1.15 bits per heavy atom. The van der Waals surface area contributed by atoms with E-state index in [1.165, 1.54) is 0 Å². The lowest BCUT2D eigenvalue weighted by molar-refractivity contribution is -0.132. The van der Waals surface area contributed by atoms with Gasteiger partial charge >= 0.3 is 0 Å². The number of nitrogens with one attached hydrogen (secondary N) is 1. The van der Waals surface area contributed by atoms with Gasteiger partial charge in [-0.1, -0.05) is 23.7 Å². The minimum atomic E-state index is -0.484. The number of benzene rings is 1. The van der Waals surface area contributed by atoms with Crippen molar-refractivity contribution in [2.45, 2.75) is 26.3 Å². The monoisotopic (exact) mass is 558 g/mol. The molecule has 39 heavy (non-hydrogen) atoms. The lowest BCUT2D eigenvalue weighted by Gasteiger charge is -2.28. The number of imidazole rings is 1. The third-order valence-electron chi connectivity index (χ3n) is 7.08. The standard InChI is InChI=1S/C28H27ClN8OS/c1-17-23(9-8-21-15-31-16-35(21)3)39-28-25(17)26(19-4-6-20(29)7-5-19)32-22(27-34-33-18(2)37(27)28)14-24(38)36-12-10-30-11-13-36/h4-7,15-16,22,30H,10-14H2,1-3H3/t22-/m0/s1. The molecule has 0 saturated carbocycles. The minimum absolute atomic E-state index is 0.0672. The maximum Gasteiger partial charge on any atom is 0.225 e. The molecule has 9 nitrogen and oxygen atoms in total. The van der Waals surface area contributed by atoms with Gasteiger partial charge in [-0.15, -0.1) is 21.5 Å². The van der Waals surface area contributed by atoms with E-state index in [4.69, 9.17) is 16.6 Å². The van der Waals surface area contributed by atoms with Crippen molar-refractivity contribution < 1.29 is 4.79 Å². The van der Waals surface area contributed by atoms with Gasteiger partial charge in [0.25, 0.3) is 0 Å². The molecular formula is C28H27ClN8OS. The fourth-order valence-electron chi connectivity index (χ4n) is 4.95. The van der Waals surface area contributed by atoms with E-state index in [1.54, 1.807) is 23.9 Å². The molecule has 0 aliphatic carbocycles. The number of amides is 1. The zero-order chi connectivity index (χ0) is 27.1. The van der Waals surface area contributed by atoms with E-state index in [1.807, 2.05) is 52.3 Å². The summed E-state index contributed by atoms with van der Waals surface area (Å²) in [5, 5.41) is 13.8. The predicted octanol–water partition coefficient (Wildman–Crippen LogP) is 3.45. The molecule has 11 heteroatoms. The maximum absolute atomic E-state index is 13.4. The van der Waals surface area contributed by atoms with Crippen molar-refractivity contribution in [3.05, 3.63) is 80.7 Å². The number of piperazine rings is 1. The van der Waals surface area contributed by atoms with E-state index in [-0.39, 0.29) is 12.3 Å². The second kappa shape index (κ2) is 10.4. The molecule has 3 aromatic heterocycles. The van der Waals surface area contributed by atoms with Crippen molar-refractivity contribution in [3.63, 3.8) is 0 Å². The van der Waals surface area contributed by atoms with Crippen LogP contribution in [0.3, 0.4) is 0 Å². The predicted molar refractivity (Wildman–Crippen MR) is 152 cm³/mol. The van der Waals surface area contributed by atoms with E-state index in [0.29, 0.717) is 23.9 Å². The van der Waals surface area contributed by atoms with Crippen LogP contribution in [0.4, 0.5) is 0 Å². The number of hydrogen-bond donors (Lipinski definition) is 1. The van der Waals surface area contributed by atoms with E-state index >= 15 is 0 Å². The number of hydrogen-bond acceptors (Lipinski definition) is 7. The molecule has 5 heterocycles. The van der Waals surface area contributed by atoms with Gasteiger partial charge in [-0.3, -0.25) is 14.4 Å². The van der Waals surface area contributed by atoms with Crippen molar-refractivity contribution in [1.82, 2.24) is 34.5 Å². The molecule has 2 aliphatic rings. The number of fused-ring (bicyclic) bond motifs is 3. The van der Waals surface area contributed by atoms with Crippen LogP contribution in [0.15, 0.2) is 41.8 Å². The second-order valence-corrected chi connectivity index (χ2v) is 11.1. The second-order valence-electron chi connectivity index (χ2n) is 9.65. The van der Waals surface area contributed by atoms with Gasteiger partial charge in [0.2, 0.25) is 5.91 Å². The van der Waals surface area contributed by atoms with Gasteiger partial charge in [-0.2, -0.15) is 0 Å². The summed E-state index contributed by atoms with van der Waals surface area (Å²) in [5.41, 5.74) is 4.54. The van der Waals surface area contributed by atoms with E-state index in [9.17, 15) is 4.79 Å².